The lowest BCUT2D eigenvalue weighted by Gasteiger charge is -2.09. The zero-order chi connectivity index (χ0) is 14.5. The van der Waals surface area contributed by atoms with Gasteiger partial charge in [-0.05, 0) is 31.5 Å². The Hall–Kier alpha value is -2.17. The van der Waals surface area contributed by atoms with Gasteiger partial charge in [0.05, 0.1) is 11.3 Å². The molecule has 0 aliphatic rings. The molecule has 0 radical (unpaired) electrons. The number of carbonyl (C=O) groups is 1. The summed E-state index contributed by atoms with van der Waals surface area (Å²) in [4.78, 5) is 10.9. The largest absolute Gasteiger partial charge is 0.483 e. The van der Waals surface area contributed by atoms with E-state index in [-0.39, 0.29) is 17.9 Å². The second-order valence-corrected chi connectivity index (χ2v) is 4.61. The van der Waals surface area contributed by atoms with Gasteiger partial charge in [0.15, 0.2) is 17.9 Å². The van der Waals surface area contributed by atoms with Gasteiger partial charge < -0.3 is 4.74 Å². The molecule has 0 bridgehead atoms. The van der Waals surface area contributed by atoms with Gasteiger partial charge in [-0.3, -0.25) is 9.48 Å². The minimum Gasteiger partial charge on any atom is -0.483 e. The van der Waals surface area contributed by atoms with E-state index < -0.39 is 5.82 Å². The monoisotopic (exact) mass is 276 g/mol. The van der Waals surface area contributed by atoms with Gasteiger partial charge >= 0.3 is 0 Å². The number of carbonyl (C=O) groups excluding carboxylic acids is 1. The first-order chi connectivity index (χ1) is 9.65. The van der Waals surface area contributed by atoms with E-state index in [0.717, 1.165) is 6.42 Å². The van der Waals surface area contributed by atoms with E-state index in [1.165, 1.54) is 18.2 Å². The summed E-state index contributed by atoms with van der Waals surface area (Å²) >= 11 is 0. The Kier molecular flexibility index (Phi) is 4.50. The van der Waals surface area contributed by atoms with Crippen molar-refractivity contribution in [2.75, 3.05) is 0 Å². The maximum absolute atomic E-state index is 13.6. The Labute approximate surface area is 117 Å². The smallest absolute Gasteiger partial charge is 0.166 e. The number of halogens is 1. The van der Waals surface area contributed by atoms with Crippen LogP contribution in [0.15, 0.2) is 30.5 Å². The van der Waals surface area contributed by atoms with Crippen molar-refractivity contribution in [2.24, 2.45) is 0 Å². The van der Waals surface area contributed by atoms with Crippen LogP contribution in [0.5, 0.6) is 5.75 Å². The van der Waals surface area contributed by atoms with Gasteiger partial charge in [0, 0.05) is 12.2 Å². The van der Waals surface area contributed by atoms with Crippen molar-refractivity contribution in [3.8, 4) is 5.75 Å². The summed E-state index contributed by atoms with van der Waals surface area (Å²) in [6.45, 7) is 4.28. The molecule has 1 heterocycles. The van der Waals surface area contributed by atoms with E-state index in [4.69, 9.17) is 4.74 Å². The van der Waals surface area contributed by atoms with E-state index >= 15 is 0 Å². The van der Waals surface area contributed by atoms with Gasteiger partial charge in [-0.25, -0.2) is 4.39 Å². The van der Waals surface area contributed by atoms with Crippen LogP contribution in [0.25, 0.3) is 0 Å². The van der Waals surface area contributed by atoms with Crippen molar-refractivity contribution in [3.05, 3.63) is 47.5 Å². The van der Waals surface area contributed by atoms with Crippen molar-refractivity contribution >= 4 is 6.29 Å². The van der Waals surface area contributed by atoms with Crippen molar-refractivity contribution in [2.45, 2.75) is 32.9 Å². The number of nitrogens with zero attached hydrogens (tertiary/aromatic N) is 2. The molecule has 0 N–H and O–H groups in total. The minimum absolute atomic E-state index is 0.0272. The number of para-hydroxylation sites is 1. The molecule has 0 fully saturated rings. The summed E-state index contributed by atoms with van der Waals surface area (Å²) in [6, 6.07) is 6.39. The van der Waals surface area contributed by atoms with E-state index in [1.807, 2.05) is 16.9 Å². The molecule has 106 valence electrons. The van der Waals surface area contributed by atoms with Crippen LogP contribution < -0.4 is 4.74 Å². The van der Waals surface area contributed by atoms with E-state index in [0.29, 0.717) is 18.0 Å². The quantitative estimate of drug-likeness (QED) is 0.760. The fourth-order valence-electron chi connectivity index (χ4n) is 1.80. The first-order valence-corrected chi connectivity index (χ1v) is 6.56. The molecular weight excluding hydrogens is 259 g/mol. The minimum atomic E-state index is -0.545. The van der Waals surface area contributed by atoms with E-state index in [9.17, 15) is 9.18 Å². The molecular formula is C15H17FN2O2. The van der Waals surface area contributed by atoms with Crippen LogP contribution in [0.3, 0.4) is 0 Å². The third-order valence-corrected chi connectivity index (χ3v) is 3.19. The number of aromatic nitrogens is 2. The molecule has 0 amide bonds. The molecule has 1 unspecified atom stereocenters. The van der Waals surface area contributed by atoms with Crippen LogP contribution in [0.1, 0.15) is 42.4 Å². The molecule has 0 saturated carbocycles. The number of hydrogen-bond acceptors (Lipinski definition) is 3. The third-order valence-electron chi connectivity index (χ3n) is 3.19. The lowest BCUT2D eigenvalue weighted by Crippen LogP contribution is -2.06. The second-order valence-electron chi connectivity index (χ2n) is 4.61. The maximum atomic E-state index is 13.6. The third kappa shape index (κ3) is 3.04. The first kappa shape index (κ1) is 14.2. The highest BCUT2D eigenvalue weighted by Crippen LogP contribution is 2.22. The second kappa shape index (κ2) is 6.32. The number of ether oxygens (including phenoxy) is 1. The first-order valence-electron chi connectivity index (χ1n) is 6.56. The van der Waals surface area contributed by atoms with Gasteiger partial charge in [0.1, 0.15) is 6.61 Å². The van der Waals surface area contributed by atoms with Crippen molar-refractivity contribution in [3.63, 3.8) is 0 Å². The highest BCUT2D eigenvalue weighted by molar-refractivity contribution is 5.79. The molecule has 1 atom stereocenters. The van der Waals surface area contributed by atoms with Crippen LogP contribution in [-0.4, -0.2) is 16.1 Å². The molecule has 1 aromatic heterocycles. The molecule has 20 heavy (non-hydrogen) atoms. The number of benzene rings is 1. The summed E-state index contributed by atoms with van der Waals surface area (Å²) in [5.74, 6) is -0.573. The molecule has 0 saturated heterocycles. The van der Waals surface area contributed by atoms with Crippen LogP contribution in [0.4, 0.5) is 4.39 Å². The Morgan fingerprint density at radius 3 is 2.95 bits per heavy atom. The van der Waals surface area contributed by atoms with Gasteiger partial charge in [0.25, 0.3) is 0 Å². The van der Waals surface area contributed by atoms with Gasteiger partial charge in [-0.15, -0.1) is 0 Å². The Morgan fingerprint density at radius 2 is 2.25 bits per heavy atom. The topological polar surface area (TPSA) is 44.1 Å². The molecule has 2 rings (SSSR count). The van der Waals surface area contributed by atoms with Crippen LogP contribution >= 0.6 is 0 Å². The van der Waals surface area contributed by atoms with Gasteiger partial charge in [-0.1, -0.05) is 13.0 Å². The van der Waals surface area contributed by atoms with E-state index in [1.54, 1.807) is 0 Å². The zero-order valence-corrected chi connectivity index (χ0v) is 11.5. The number of hydrogen-bond donors (Lipinski definition) is 0. The molecule has 0 aliphatic heterocycles. The Balaban J connectivity index is 2.09. The summed E-state index contributed by atoms with van der Waals surface area (Å²) in [5.41, 5.74) is 0.900. The fraction of sp³-hybridized carbons (Fsp3) is 0.333. The summed E-state index contributed by atoms with van der Waals surface area (Å²) < 4.78 is 20.9. The molecule has 0 spiro atoms. The van der Waals surface area contributed by atoms with E-state index in [2.05, 4.69) is 18.9 Å². The molecule has 1 aromatic carbocycles. The van der Waals surface area contributed by atoms with Gasteiger partial charge in [-0.2, -0.15) is 5.10 Å². The maximum Gasteiger partial charge on any atom is 0.166 e. The predicted molar refractivity (Wildman–Crippen MR) is 73.3 cm³/mol. The number of rotatable bonds is 6. The van der Waals surface area contributed by atoms with Crippen LogP contribution in [0, 0.1) is 5.82 Å². The molecule has 5 heteroatoms. The summed E-state index contributed by atoms with van der Waals surface area (Å²) in [5, 5.41) is 4.36. The Morgan fingerprint density at radius 1 is 1.45 bits per heavy atom. The van der Waals surface area contributed by atoms with Gasteiger partial charge in [0.2, 0.25) is 0 Å². The SMILES string of the molecule is CCC(C)n1ccc(COc2c(F)cccc2C=O)n1. The Bertz CT molecular complexity index is 595. The number of aldehydes is 1. The summed E-state index contributed by atoms with van der Waals surface area (Å²) in [7, 11) is 0. The summed E-state index contributed by atoms with van der Waals surface area (Å²) in [6.07, 6.45) is 3.43. The van der Waals surface area contributed by atoms with Crippen LogP contribution in [0.2, 0.25) is 0 Å². The lowest BCUT2D eigenvalue weighted by atomic mass is 10.2. The lowest BCUT2D eigenvalue weighted by molar-refractivity contribution is 0.111. The van der Waals surface area contributed by atoms with Crippen LogP contribution in [-0.2, 0) is 6.61 Å². The zero-order valence-electron chi connectivity index (χ0n) is 11.5. The highest BCUT2D eigenvalue weighted by atomic mass is 19.1. The molecule has 0 aliphatic carbocycles. The van der Waals surface area contributed by atoms with Crippen molar-refractivity contribution in [1.82, 2.24) is 9.78 Å². The predicted octanol–water partition coefficient (Wildman–Crippen LogP) is 3.38. The van der Waals surface area contributed by atoms with Crippen molar-refractivity contribution in [1.29, 1.82) is 0 Å². The highest BCUT2D eigenvalue weighted by Gasteiger charge is 2.11. The fourth-order valence-corrected chi connectivity index (χ4v) is 1.80. The standard InChI is InChI=1S/C15H17FN2O2/c1-3-11(2)18-8-7-13(17-18)10-20-15-12(9-19)5-4-6-14(15)16/h4-9,11H,3,10H2,1-2H3. The normalized spacial score (nSPS) is 12.2. The average Bonchev–Trinajstić information content (AvgIpc) is 2.93. The molecule has 2 aromatic rings. The van der Waals surface area contributed by atoms with Crippen molar-refractivity contribution < 1.29 is 13.9 Å². The molecule has 4 nitrogen and oxygen atoms in total. The average molecular weight is 276 g/mol.